The molecule has 0 aliphatic carbocycles. The molecule has 1 N–H and O–H groups in total. The molecule has 2 aromatic carbocycles. The first-order valence-corrected chi connectivity index (χ1v) is 11.6. The van der Waals surface area contributed by atoms with Gasteiger partial charge in [0.1, 0.15) is 0 Å². The molecule has 0 unspecified atom stereocenters. The summed E-state index contributed by atoms with van der Waals surface area (Å²) in [6.45, 7) is 4.34. The fraction of sp³-hybridized carbons (Fsp3) is 0.308. The minimum atomic E-state index is -4.61. The van der Waals surface area contributed by atoms with Crippen LogP contribution in [-0.2, 0) is 15.7 Å². The van der Waals surface area contributed by atoms with Gasteiger partial charge in [-0.2, -0.15) is 13.2 Å². The molecule has 0 spiro atoms. The number of aromatic nitrogens is 2. The van der Waals surface area contributed by atoms with E-state index >= 15 is 0 Å². The first kappa shape index (κ1) is 25.9. The summed E-state index contributed by atoms with van der Waals surface area (Å²) in [4.78, 5) is 44.2. The molecule has 0 bridgehead atoms. The molecular weight excluding hydrogens is 489 g/mol. The lowest BCUT2D eigenvalue weighted by Crippen LogP contribution is -2.34. The molecule has 0 radical (unpaired) electrons. The first-order chi connectivity index (χ1) is 17.6. The molecule has 1 aromatic heterocycles. The summed E-state index contributed by atoms with van der Waals surface area (Å²) in [7, 11) is 1.24. The van der Waals surface area contributed by atoms with E-state index in [1.54, 1.807) is 27.7 Å². The second-order valence-electron chi connectivity index (χ2n) is 8.64. The monoisotopic (exact) mass is 514 g/mol. The molecule has 2 amide bonds. The average Bonchev–Trinajstić information content (AvgIpc) is 3.07. The lowest BCUT2D eigenvalue weighted by Gasteiger charge is -2.26. The van der Waals surface area contributed by atoms with E-state index in [9.17, 15) is 27.6 Å². The highest BCUT2D eigenvalue weighted by molar-refractivity contribution is 6.06. The number of fused-ring (bicyclic) bond motifs is 1. The van der Waals surface area contributed by atoms with E-state index in [0.717, 1.165) is 31.0 Å². The molecule has 3 aromatic rings. The highest BCUT2D eigenvalue weighted by atomic mass is 19.4. The predicted octanol–water partition coefficient (Wildman–Crippen LogP) is 4.83. The van der Waals surface area contributed by atoms with Crippen molar-refractivity contribution in [3.05, 3.63) is 71.8 Å². The summed E-state index contributed by atoms with van der Waals surface area (Å²) in [6.07, 6.45) is -1.27. The molecule has 37 heavy (non-hydrogen) atoms. The molecule has 1 saturated heterocycles. The number of halogens is 3. The number of esters is 1. The van der Waals surface area contributed by atoms with Gasteiger partial charge in [0.15, 0.2) is 0 Å². The molecule has 194 valence electrons. The number of amides is 2. The lowest BCUT2D eigenvalue weighted by atomic mass is 10.1. The lowest BCUT2D eigenvalue weighted by molar-refractivity contribution is -0.137. The van der Waals surface area contributed by atoms with E-state index in [4.69, 9.17) is 4.74 Å². The Morgan fingerprint density at radius 1 is 1.16 bits per heavy atom. The number of carbonyl (C=O) groups excluding carboxylic acids is 3. The summed E-state index contributed by atoms with van der Waals surface area (Å²) >= 11 is 0. The molecule has 4 rings (SSSR count). The van der Waals surface area contributed by atoms with Gasteiger partial charge in [0, 0.05) is 18.7 Å². The SMILES string of the molecule is C=CC(=O)N1CCCC[C@@H](n2c(NC(=O)c3cccc(C(F)(F)F)c3)nc3cccc(C(=O)OC)c32)C1. The number of methoxy groups -OCH3 is 1. The molecule has 1 aliphatic heterocycles. The van der Waals surface area contributed by atoms with Gasteiger partial charge in [-0.15, -0.1) is 0 Å². The Labute approximate surface area is 210 Å². The van der Waals surface area contributed by atoms with E-state index in [2.05, 4.69) is 16.9 Å². The van der Waals surface area contributed by atoms with Crippen molar-refractivity contribution in [1.82, 2.24) is 14.5 Å². The normalized spacial score (nSPS) is 16.2. The number of hydrogen-bond donors (Lipinski definition) is 1. The minimum absolute atomic E-state index is 0.0478. The standard InChI is InChI=1S/C26H25F3N4O4/c1-3-21(34)32-13-5-4-10-18(15-32)33-22-19(24(36)37-2)11-7-12-20(22)30-25(33)31-23(35)16-8-6-9-17(14-16)26(27,28)29/h3,6-9,11-12,14,18H,1,4-5,10,13,15H2,2H3,(H,30,31,35)/t18-/m1/s1. The Hall–Kier alpha value is -4.15. The van der Waals surface area contributed by atoms with Crippen molar-refractivity contribution in [3.8, 4) is 0 Å². The third-order valence-electron chi connectivity index (χ3n) is 6.29. The summed E-state index contributed by atoms with van der Waals surface area (Å²) in [6, 6.07) is 8.51. The third kappa shape index (κ3) is 5.35. The maximum Gasteiger partial charge on any atom is 0.416 e. The van der Waals surface area contributed by atoms with Gasteiger partial charge in [0.05, 0.1) is 35.3 Å². The minimum Gasteiger partial charge on any atom is -0.465 e. The number of hydrogen-bond acceptors (Lipinski definition) is 5. The molecule has 2 heterocycles. The largest absolute Gasteiger partial charge is 0.465 e. The summed E-state index contributed by atoms with van der Waals surface area (Å²) in [5, 5.41) is 2.62. The molecule has 1 atom stereocenters. The fourth-order valence-electron chi connectivity index (χ4n) is 4.54. The summed E-state index contributed by atoms with van der Waals surface area (Å²) < 4.78 is 46.2. The van der Waals surface area contributed by atoms with Gasteiger partial charge in [-0.25, -0.2) is 9.78 Å². The average molecular weight is 515 g/mol. The number of benzene rings is 2. The second kappa shape index (κ2) is 10.5. The van der Waals surface area contributed by atoms with Crippen LogP contribution in [0.15, 0.2) is 55.1 Å². The highest BCUT2D eigenvalue weighted by Crippen LogP contribution is 2.33. The molecule has 8 nitrogen and oxygen atoms in total. The van der Waals surface area contributed by atoms with Gasteiger partial charge in [-0.1, -0.05) is 18.7 Å². The van der Waals surface area contributed by atoms with E-state index < -0.39 is 23.6 Å². The number of para-hydroxylation sites is 1. The van der Waals surface area contributed by atoms with Crippen LogP contribution in [0, 0.1) is 0 Å². The zero-order chi connectivity index (χ0) is 26.7. The van der Waals surface area contributed by atoms with Crippen LogP contribution in [0.4, 0.5) is 19.1 Å². The predicted molar refractivity (Wildman–Crippen MR) is 130 cm³/mol. The smallest absolute Gasteiger partial charge is 0.416 e. The number of alkyl halides is 3. The second-order valence-corrected chi connectivity index (χ2v) is 8.64. The zero-order valence-corrected chi connectivity index (χ0v) is 20.0. The fourth-order valence-corrected chi connectivity index (χ4v) is 4.54. The van der Waals surface area contributed by atoms with Crippen molar-refractivity contribution in [2.24, 2.45) is 0 Å². The first-order valence-electron chi connectivity index (χ1n) is 11.6. The van der Waals surface area contributed by atoms with Crippen LogP contribution in [-0.4, -0.2) is 52.4 Å². The van der Waals surface area contributed by atoms with Crippen molar-refractivity contribution in [3.63, 3.8) is 0 Å². The maximum absolute atomic E-state index is 13.2. The Kier molecular flexibility index (Phi) is 7.33. The van der Waals surface area contributed by atoms with Gasteiger partial charge in [0.25, 0.3) is 5.91 Å². The molecule has 1 aliphatic rings. The van der Waals surface area contributed by atoms with Crippen LogP contribution in [0.5, 0.6) is 0 Å². The summed E-state index contributed by atoms with van der Waals surface area (Å²) in [5.41, 5.74) is -0.174. The number of nitrogens with one attached hydrogen (secondary N) is 1. The Balaban J connectivity index is 1.82. The molecule has 1 fully saturated rings. The van der Waals surface area contributed by atoms with E-state index in [-0.39, 0.29) is 35.6 Å². The topological polar surface area (TPSA) is 93.5 Å². The van der Waals surface area contributed by atoms with Crippen LogP contribution in [0.1, 0.15) is 51.6 Å². The molecular formula is C26H25F3N4O4. The number of likely N-dealkylation sites (tertiary alicyclic amines) is 1. The third-order valence-corrected chi connectivity index (χ3v) is 6.29. The molecule has 0 saturated carbocycles. The van der Waals surface area contributed by atoms with Crippen LogP contribution < -0.4 is 5.32 Å². The number of rotatable bonds is 5. The van der Waals surface area contributed by atoms with E-state index in [1.807, 2.05) is 0 Å². The number of ether oxygens (including phenoxy) is 1. The quantitative estimate of drug-likeness (QED) is 0.389. The van der Waals surface area contributed by atoms with E-state index in [1.165, 1.54) is 19.3 Å². The van der Waals surface area contributed by atoms with Gasteiger partial charge >= 0.3 is 12.1 Å². The highest BCUT2D eigenvalue weighted by Gasteiger charge is 2.32. The van der Waals surface area contributed by atoms with Gasteiger partial charge in [-0.3, -0.25) is 14.9 Å². The van der Waals surface area contributed by atoms with Crippen LogP contribution >= 0.6 is 0 Å². The Bertz CT molecular complexity index is 1370. The van der Waals surface area contributed by atoms with Gasteiger partial charge in [0.2, 0.25) is 11.9 Å². The number of nitrogens with zero attached hydrogens (tertiary/aromatic N) is 3. The van der Waals surface area contributed by atoms with Gasteiger partial charge < -0.3 is 14.2 Å². The van der Waals surface area contributed by atoms with Crippen molar-refractivity contribution in [1.29, 1.82) is 0 Å². The van der Waals surface area contributed by atoms with E-state index in [0.29, 0.717) is 24.0 Å². The number of carbonyl (C=O) groups is 3. The summed E-state index contributed by atoms with van der Waals surface area (Å²) in [5.74, 6) is -1.61. The van der Waals surface area contributed by atoms with Crippen LogP contribution in [0.2, 0.25) is 0 Å². The zero-order valence-electron chi connectivity index (χ0n) is 20.0. The van der Waals surface area contributed by atoms with Crippen molar-refractivity contribution in [2.45, 2.75) is 31.5 Å². The Morgan fingerprint density at radius 2 is 1.92 bits per heavy atom. The van der Waals surface area contributed by atoms with Crippen LogP contribution in [0.3, 0.4) is 0 Å². The number of anilines is 1. The molecule has 11 heteroatoms. The van der Waals surface area contributed by atoms with Crippen LogP contribution in [0.25, 0.3) is 11.0 Å². The number of imidazole rings is 1. The maximum atomic E-state index is 13.2. The van der Waals surface area contributed by atoms with Crippen molar-refractivity contribution >= 4 is 34.8 Å². The van der Waals surface area contributed by atoms with Crippen molar-refractivity contribution < 1.29 is 32.3 Å². The van der Waals surface area contributed by atoms with Gasteiger partial charge in [-0.05, 0) is 55.7 Å². The Morgan fingerprint density at radius 3 is 2.62 bits per heavy atom. The van der Waals surface area contributed by atoms with Crippen molar-refractivity contribution in [2.75, 3.05) is 25.5 Å².